The molecule has 1 aliphatic heterocycles. The molecule has 5 heteroatoms. The third-order valence-electron chi connectivity index (χ3n) is 4.10. The molecule has 0 bridgehead atoms. The fourth-order valence-electron chi connectivity index (χ4n) is 2.87. The van der Waals surface area contributed by atoms with Gasteiger partial charge in [0.25, 0.3) is 0 Å². The van der Waals surface area contributed by atoms with Crippen LogP contribution in [0.4, 0.5) is 0 Å². The normalized spacial score (nSPS) is 17.1. The quantitative estimate of drug-likeness (QED) is 0.939. The summed E-state index contributed by atoms with van der Waals surface area (Å²) in [5.74, 6) is -0.442. The van der Waals surface area contributed by atoms with E-state index in [2.05, 4.69) is 0 Å². The molecule has 2 aromatic rings. The van der Waals surface area contributed by atoms with Crippen molar-refractivity contribution in [2.75, 3.05) is 0 Å². The monoisotopic (exact) mass is 314 g/mol. The van der Waals surface area contributed by atoms with Crippen LogP contribution in [0.3, 0.4) is 0 Å². The summed E-state index contributed by atoms with van der Waals surface area (Å²) in [5.41, 5.74) is 8.88. The molecule has 0 saturated carbocycles. The number of aryl methyl sites for hydroxylation is 1. The summed E-state index contributed by atoms with van der Waals surface area (Å²) in [4.78, 5) is 25.9. The van der Waals surface area contributed by atoms with Crippen LogP contribution in [0, 0.1) is 0 Å². The second-order valence-corrected chi connectivity index (χ2v) is 6.32. The highest BCUT2D eigenvalue weighted by Gasteiger charge is 2.32. The average molecular weight is 314 g/mol. The SMILES string of the molecule is NC(=O)C1Cc2ccccc2CN1C(=O)CCc1ccsc1. The highest BCUT2D eigenvalue weighted by Crippen LogP contribution is 2.24. The Balaban J connectivity index is 1.75. The molecule has 22 heavy (non-hydrogen) atoms. The molecule has 114 valence electrons. The van der Waals surface area contributed by atoms with Gasteiger partial charge in [0, 0.05) is 19.4 Å². The first-order valence-corrected chi connectivity index (χ1v) is 8.26. The largest absolute Gasteiger partial charge is 0.368 e. The first-order valence-electron chi connectivity index (χ1n) is 7.32. The highest BCUT2D eigenvalue weighted by molar-refractivity contribution is 7.07. The first kappa shape index (κ1) is 14.8. The fourth-order valence-corrected chi connectivity index (χ4v) is 3.57. The minimum Gasteiger partial charge on any atom is -0.368 e. The van der Waals surface area contributed by atoms with Crippen LogP contribution in [0.15, 0.2) is 41.1 Å². The van der Waals surface area contributed by atoms with Crippen molar-refractivity contribution in [2.24, 2.45) is 5.73 Å². The van der Waals surface area contributed by atoms with Gasteiger partial charge >= 0.3 is 0 Å². The lowest BCUT2D eigenvalue weighted by Crippen LogP contribution is -2.51. The number of nitrogens with two attached hydrogens (primary N) is 1. The van der Waals surface area contributed by atoms with E-state index >= 15 is 0 Å². The molecule has 1 aromatic heterocycles. The Morgan fingerprint density at radius 3 is 2.68 bits per heavy atom. The molecule has 3 rings (SSSR count). The zero-order chi connectivity index (χ0) is 15.5. The van der Waals surface area contributed by atoms with Crippen molar-refractivity contribution in [1.82, 2.24) is 4.90 Å². The maximum Gasteiger partial charge on any atom is 0.240 e. The van der Waals surface area contributed by atoms with E-state index in [1.54, 1.807) is 16.2 Å². The Morgan fingerprint density at radius 1 is 1.23 bits per heavy atom. The van der Waals surface area contributed by atoms with Crippen molar-refractivity contribution >= 4 is 23.2 Å². The van der Waals surface area contributed by atoms with E-state index in [9.17, 15) is 9.59 Å². The number of thiophene rings is 1. The molecule has 2 heterocycles. The maximum atomic E-state index is 12.5. The van der Waals surface area contributed by atoms with Crippen LogP contribution in [0.2, 0.25) is 0 Å². The number of carbonyl (C=O) groups is 2. The van der Waals surface area contributed by atoms with Crippen molar-refractivity contribution in [3.8, 4) is 0 Å². The van der Waals surface area contributed by atoms with E-state index in [1.807, 2.05) is 41.1 Å². The smallest absolute Gasteiger partial charge is 0.240 e. The Bertz CT molecular complexity index is 682. The first-order chi connectivity index (χ1) is 10.6. The van der Waals surface area contributed by atoms with Crippen molar-refractivity contribution in [3.63, 3.8) is 0 Å². The van der Waals surface area contributed by atoms with Gasteiger partial charge in [-0.3, -0.25) is 9.59 Å². The van der Waals surface area contributed by atoms with Gasteiger partial charge in [0.2, 0.25) is 11.8 Å². The molecular weight excluding hydrogens is 296 g/mol. The number of hydrogen-bond donors (Lipinski definition) is 1. The Labute approximate surface area is 133 Å². The van der Waals surface area contributed by atoms with Crippen molar-refractivity contribution < 1.29 is 9.59 Å². The van der Waals surface area contributed by atoms with E-state index in [0.717, 1.165) is 16.7 Å². The predicted molar refractivity (Wildman–Crippen MR) is 86.3 cm³/mol. The lowest BCUT2D eigenvalue weighted by atomic mass is 9.93. The van der Waals surface area contributed by atoms with E-state index in [0.29, 0.717) is 25.8 Å². The summed E-state index contributed by atoms with van der Waals surface area (Å²) in [5, 5.41) is 4.05. The van der Waals surface area contributed by atoms with Gasteiger partial charge in [0.1, 0.15) is 6.04 Å². The maximum absolute atomic E-state index is 12.5. The molecule has 0 fully saturated rings. The molecule has 1 atom stereocenters. The molecule has 4 nitrogen and oxygen atoms in total. The zero-order valence-corrected chi connectivity index (χ0v) is 13.0. The summed E-state index contributed by atoms with van der Waals surface area (Å²) in [6.07, 6.45) is 1.62. The number of nitrogens with zero attached hydrogens (tertiary/aromatic N) is 1. The van der Waals surface area contributed by atoms with Crippen LogP contribution in [-0.4, -0.2) is 22.8 Å². The van der Waals surface area contributed by atoms with Crippen molar-refractivity contribution in [1.29, 1.82) is 0 Å². The summed E-state index contributed by atoms with van der Waals surface area (Å²) >= 11 is 1.62. The van der Waals surface area contributed by atoms with Crippen LogP contribution >= 0.6 is 11.3 Å². The van der Waals surface area contributed by atoms with E-state index in [1.165, 1.54) is 0 Å². The number of rotatable bonds is 4. The highest BCUT2D eigenvalue weighted by atomic mass is 32.1. The number of carbonyl (C=O) groups excluding carboxylic acids is 2. The van der Waals surface area contributed by atoms with Gasteiger partial charge in [-0.25, -0.2) is 0 Å². The lowest BCUT2D eigenvalue weighted by molar-refractivity contribution is -0.140. The summed E-state index contributed by atoms with van der Waals surface area (Å²) in [7, 11) is 0. The van der Waals surface area contributed by atoms with E-state index in [4.69, 9.17) is 5.73 Å². The Kier molecular flexibility index (Phi) is 4.24. The molecule has 0 saturated heterocycles. The molecule has 0 radical (unpaired) electrons. The van der Waals surface area contributed by atoms with Crippen LogP contribution in [0.25, 0.3) is 0 Å². The number of hydrogen-bond acceptors (Lipinski definition) is 3. The van der Waals surface area contributed by atoms with Crippen LogP contribution in [-0.2, 0) is 29.0 Å². The Hall–Kier alpha value is -2.14. The summed E-state index contributed by atoms with van der Waals surface area (Å²) < 4.78 is 0. The second-order valence-electron chi connectivity index (χ2n) is 5.54. The van der Waals surface area contributed by atoms with Gasteiger partial charge in [-0.2, -0.15) is 11.3 Å². The zero-order valence-electron chi connectivity index (χ0n) is 12.2. The number of primary amides is 1. The van der Waals surface area contributed by atoms with E-state index < -0.39 is 11.9 Å². The molecule has 2 N–H and O–H groups in total. The lowest BCUT2D eigenvalue weighted by Gasteiger charge is -2.35. The minimum atomic E-state index is -0.537. The fraction of sp³-hybridized carbons (Fsp3) is 0.294. The molecule has 0 aliphatic carbocycles. The predicted octanol–water partition coefficient (Wildman–Crippen LogP) is 2.12. The number of benzene rings is 1. The molecule has 1 aliphatic rings. The van der Waals surface area contributed by atoms with Crippen LogP contribution in [0.5, 0.6) is 0 Å². The third kappa shape index (κ3) is 3.04. The molecule has 0 spiro atoms. The van der Waals surface area contributed by atoms with Crippen LogP contribution < -0.4 is 5.73 Å². The number of amides is 2. The molecule has 1 unspecified atom stereocenters. The van der Waals surface area contributed by atoms with Gasteiger partial charge in [0.15, 0.2) is 0 Å². The number of fused-ring (bicyclic) bond motifs is 1. The minimum absolute atomic E-state index is 0.00972. The topological polar surface area (TPSA) is 63.4 Å². The van der Waals surface area contributed by atoms with Gasteiger partial charge in [-0.1, -0.05) is 24.3 Å². The van der Waals surface area contributed by atoms with Gasteiger partial charge < -0.3 is 10.6 Å². The Morgan fingerprint density at radius 2 is 2.00 bits per heavy atom. The van der Waals surface area contributed by atoms with Gasteiger partial charge in [-0.05, 0) is 39.9 Å². The van der Waals surface area contributed by atoms with Gasteiger partial charge in [0.05, 0.1) is 0 Å². The van der Waals surface area contributed by atoms with Crippen molar-refractivity contribution in [3.05, 3.63) is 57.8 Å². The third-order valence-corrected chi connectivity index (χ3v) is 4.84. The molecular formula is C17H18N2O2S. The van der Waals surface area contributed by atoms with Crippen LogP contribution in [0.1, 0.15) is 23.1 Å². The average Bonchev–Trinajstić information content (AvgIpc) is 3.04. The second kappa shape index (κ2) is 6.32. The van der Waals surface area contributed by atoms with Crippen molar-refractivity contribution in [2.45, 2.75) is 31.8 Å². The molecule has 2 amide bonds. The summed E-state index contributed by atoms with van der Waals surface area (Å²) in [6.45, 7) is 0.465. The standard InChI is InChI=1S/C17H18N2O2S/c18-17(21)15-9-13-3-1-2-4-14(13)10-19(15)16(20)6-5-12-7-8-22-11-12/h1-4,7-8,11,15H,5-6,9-10H2,(H2,18,21). The van der Waals surface area contributed by atoms with E-state index in [-0.39, 0.29) is 5.91 Å². The summed E-state index contributed by atoms with van der Waals surface area (Å²) in [6, 6.07) is 9.39. The van der Waals surface area contributed by atoms with Gasteiger partial charge in [-0.15, -0.1) is 0 Å². The molecule has 1 aromatic carbocycles.